The van der Waals surface area contributed by atoms with Gasteiger partial charge in [-0.25, -0.2) is 9.18 Å². The minimum atomic E-state index is -0.350. The second kappa shape index (κ2) is 10.0. The fraction of sp³-hybridized carbons (Fsp3) is 0.148. The van der Waals surface area contributed by atoms with Crippen LogP contribution < -0.4 is 4.74 Å². The molecule has 4 nitrogen and oxygen atoms in total. The number of halogens is 2. The molecule has 0 amide bonds. The van der Waals surface area contributed by atoms with Gasteiger partial charge < -0.3 is 14.0 Å². The van der Waals surface area contributed by atoms with E-state index in [9.17, 15) is 9.18 Å². The lowest BCUT2D eigenvalue weighted by atomic mass is 10.1. The average Bonchev–Trinajstić information content (AvgIpc) is 3.20. The van der Waals surface area contributed by atoms with E-state index in [0.29, 0.717) is 24.5 Å². The molecule has 0 bridgehead atoms. The van der Waals surface area contributed by atoms with Crippen LogP contribution in [0, 0.1) is 12.7 Å². The van der Waals surface area contributed by atoms with Crippen molar-refractivity contribution in [3.63, 3.8) is 0 Å². The number of aryl methyl sites for hydroxylation is 1. The van der Waals surface area contributed by atoms with Gasteiger partial charge in [0.05, 0.1) is 17.9 Å². The summed E-state index contributed by atoms with van der Waals surface area (Å²) in [6, 6.07) is 23.5. The Kier molecular flexibility index (Phi) is 6.94. The Morgan fingerprint density at radius 1 is 1.00 bits per heavy atom. The molecule has 33 heavy (non-hydrogen) atoms. The monoisotopic (exact) mass is 507 g/mol. The van der Waals surface area contributed by atoms with Crippen LogP contribution in [0.2, 0.25) is 0 Å². The first-order chi connectivity index (χ1) is 16.0. The number of hydrogen-bond donors (Lipinski definition) is 0. The van der Waals surface area contributed by atoms with Gasteiger partial charge in [-0.1, -0.05) is 34.1 Å². The van der Waals surface area contributed by atoms with Gasteiger partial charge in [-0.15, -0.1) is 0 Å². The lowest BCUT2D eigenvalue weighted by molar-refractivity contribution is 0.0526. The summed E-state index contributed by atoms with van der Waals surface area (Å²) in [5, 5.41) is 0. The van der Waals surface area contributed by atoms with Crippen molar-refractivity contribution in [3.05, 3.63) is 106 Å². The van der Waals surface area contributed by atoms with E-state index < -0.39 is 0 Å². The molecule has 3 aromatic carbocycles. The van der Waals surface area contributed by atoms with E-state index in [-0.39, 0.29) is 11.8 Å². The van der Waals surface area contributed by atoms with Crippen LogP contribution in [0.5, 0.6) is 5.75 Å². The topological polar surface area (TPSA) is 40.5 Å². The lowest BCUT2D eigenvalue weighted by Gasteiger charge is -2.17. The Morgan fingerprint density at radius 2 is 1.79 bits per heavy atom. The molecule has 168 valence electrons. The van der Waals surface area contributed by atoms with Crippen molar-refractivity contribution in [2.45, 2.75) is 20.5 Å². The molecule has 4 rings (SSSR count). The highest BCUT2D eigenvalue weighted by Crippen LogP contribution is 2.36. The molecule has 6 heteroatoms. The van der Waals surface area contributed by atoms with E-state index in [0.717, 1.165) is 32.7 Å². The second-order valence-corrected chi connectivity index (χ2v) is 8.44. The number of carbonyl (C=O) groups is 1. The van der Waals surface area contributed by atoms with Crippen molar-refractivity contribution in [2.75, 3.05) is 6.61 Å². The minimum absolute atomic E-state index is 0.276. The molecule has 0 unspecified atom stereocenters. The number of ether oxygens (including phenoxy) is 2. The van der Waals surface area contributed by atoms with Crippen LogP contribution in [-0.4, -0.2) is 17.1 Å². The molecule has 4 aromatic rings. The van der Waals surface area contributed by atoms with Crippen LogP contribution in [0.1, 0.15) is 28.5 Å². The first-order valence-electron chi connectivity index (χ1n) is 10.6. The van der Waals surface area contributed by atoms with Gasteiger partial charge in [0.2, 0.25) is 0 Å². The third kappa shape index (κ3) is 5.17. The molecule has 1 heterocycles. The van der Waals surface area contributed by atoms with E-state index >= 15 is 0 Å². The second-order valence-electron chi connectivity index (χ2n) is 7.52. The summed E-state index contributed by atoms with van der Waals surface area (Å²) >= 11 is 3.57. The van der Waals surface area contributed by atoms with Crippen LogP contribution in [-0.2, 0) is 11.3 Å². The van der Waals surface area contributed by atoms with Crippen molar-refractivity contribution in [3.8, 4) is 22.7 Å². The van der Waals surface area contributed by atoms with Gasteiger partial charge >= 0.3 is 5.97 Å². The molecule has 1 aromatic heterocycles. The minimum Gasteiger partial charge on any atom is -0.488 e. The van der Waals surface area contributed by atoms with Gasteiger partial charge in [-0.3, -0.25) is 0 Å². The molecular formula is C27H23BrFNO3. The number of esters is 1. The summed E-state index contributed by atoms with van der Waals surface area (Å²) < 4.78 is 27.5. The normalized spacial score (nSPS) is 10.8. The molecule has 0 saturated heterocycles. The average molecular weight is 508 g/mol. The zero-order valence-corrected chi connectivity index (χ0v) is 19.9. The van der Waals surface area contributed by atoms with Crippen LogP contribution in [0.15, 0.2) is 83.3 Å². The standard InChI is InChI=1S/C27H23BrFNO3/c1-3-32-27(31)20-5-4-6-23(15-20)30-18(2)7-13-25(30)24-16-21(28)10-14-26(24)33-17-19-8-11-22(29)12-9-19/h4-16H,3,17H2,1-2H3. The first kappa shape index (κ1) is 22.8. The quantitative estimate of drug-likeness (QED) is 0.250. The molecule has 0 radical (unpaired) electrons. The Morgan fingerprint density at radius 3 is 2.55 bits per heavy atom. The maximum atomic E-state index is 13.2. The van der Waals surface area contributed by atoms with Crippen molar-refractivity contribution in [1.82, 2.24) is 4.57 Å². The predicted molar refractivity (Wildman–Crippen MR) is 130 cm³/mol. The number of rotatable bonds is 7. The zero-order chi connectivity index (χ0) is 23.4. The SMILES string of the molecule is CCOC(=O)c1cccc(-n2c(C)ccc2-c2cc(Br)ccc2OCc2ccc(F)cc2)c1. The van der Waals surface area contributed by atoms with E-state index in [2.05, 4.69) is 20.5 Å². The fourth-order valence-electron chi connectivity index (χ4n) is 3.65. The lowest BCUT2D eigenvalue weighted by Crippen LogP contribution is -2.07. The third-order valence-corrected chi connectivity index (χ3v) is 5.71. The molecule has 0 aliphatic heterocycles. The largest absolute Gasteiger partial charge is 0.488 e. The summed E-state index contributed by atoms with van der Waals surface area (Å²) in [5.41, 5.74) is 5.04. The van der Waals surface area contributed by atoms with Crippen molar-refractivity contribution in [2.24, 2.45) is 0 Å². The van der Waals surface area contributed by atoms with Gasteiger partial charge in [0, 0.05) is 21.4 Å². The summed E-state index contributed by atoms with van der Waals surface area (Å²) in [7, 11) is 0. The van der Waals surface area contributed by atoms with E-state index in [1.54, 1.807) is 25.1 Å². The van der Waals surface area contributed by atoms with Crippen LogP contribution >= 0.6 is 15.9 Å². The van der Waals surface area contributed by atoms with Gasteiger partial charge in [-0.2, -0.15) is 0 Å². The molecule has 0 spiro atoms. The van der Waals surface area contributed by atoms with Gasteiger partial charge in [0.15, 0.2) is 0 Å². The van der Waals surface area contributed by atoms with Crippen LogP contribution in [0.4, 0.5) is 4.39 Å². The molecule has 0 fully saturated rings. The third-order valence-electron chi connectivity index (χ3n) is 5.22. The molecular weight excluding hydrogens is 485 g/mol. The summed E-state index contributed by atoms with van der Waals surface area (Å²) in [6.45, 7) is 4.44. The number of nitrogens with zero attached hydrogens (tertiary/aromatic N) is 1. The van der Waals surface area contributed by atoms with Crippen molar-refractivity contribution < 1.29 is 18.7 Å². The Balaban J connectivity index is 1.72. The highest BCUT2D eigenvalue weighted by molar-refractivity contribution is 9.10. The molecule has 0 atom stereocenters. The Hall–Kier alpha value is -3.38. The molecule has 0 saturated carbocycles. The highest BCUT2D eigenvalue weighted by atomic mass is 79.9. The van der Waals surface area contributed by atoms with E-state index in [1.807, 2.05) is 55.5 Å². The van der Waals surface area contributed by atoms with E-state index in [4.69, 9.17) is 9.47 Å². The molecule has 0 aliphatic carbocycles. The smallest absolute Gasteiger partial charge is 0.338 e. The van der Waals surface area contributed by atoms with Crippen LogP contribution in [0.25, 0.3) is 16.9 Å². The maximum Gasteiger partial charge on any atom is 0.338 e. The summed E-state index contributed by atoms with van der Waals surface area (Å²) in [5.74, 6) is 0.0707. The van der Waals surface area contributed by atoms with Gasteiger partial charge in [0.1, 0.15) is 18.2 Å². The maximum absolute atomic E-state index is 13.2. The summed E-state index contributed by atoms with van der Waals surface area (Å²) in [4.78, 5) is 12.3. The number of hydrogen-bond acceptors (Lipinski definition) is 3. The predicted octanol–water partition coefficient (Wildman–Crippen LogP) is 7.11. The van der Waals surface area contributed by atoms with Gasteiger partial charge in [-0.05, 0) is 80.1 Å². The van der Waals surface area contributed by atoms with Crippen LogP contribution in [0.3, 0.4) is 0 Å². The van der Waals surface area contributed by atoms with Gasteiger partial charge in [0.25, 0.3) is 0 Å². The number of carbonyl (C=O) groups excluding carboxylic acids is 1. The van der Waals surface area contributed by atoms with Crippen molar-refractivity contribution >= 4 is 21.9 Å². The fourth-order valence-corrected chi connectivity index (χ4v) is 4.01. The summed E-state index contributed by atoms with van der Waals surface area (Å²) in [6.07, 6.45) is 0. The molecule has 0 aliphatic rings. The highest BCUT2D eigenvalue weighted by Gasteiger charge is 2.16. The van der Waals surface area contributed by atoms with Crippen molar-refractivity contribution in [1.29, 1.82) is 0 Å². The Bertz CT molecular complexity index is 1280. The molecule has 0 N–H and O–H groups in total. The Labute approximate surface area is 200 Å². The number of benzene rings is 3. The first-order valence-corrected chi connectivity index (χ1v) is 11.4. The number of aromatic nitrogens is 1. The zero-order valence-electron chi connectivity index (χ0n) is 18.3. The van der Waals surface area contributed by atoms with E-state index in [1.165, 1.54) is 12.1 Å².